The minimum Gasteiger partial charge on any atom is -0.481 e. The number of thioether (sulfide) groups is 1. The number of hydrogen-bond donors (Lipinski definition) is 3. The second-order valence-corrected chi connectivity index (χ2v) is 4.93. The van der Waals surface area contributed by atoms with Crippen LogP contribution in [0.4, 0.5) is 0 Å². The fourth-order valence-electron chi connectivity index (χ4n) is 1.57. The lowest BCUT2D eigenvalue weighted by molar-refractivity contribution is -0.140. The first-order chi connectivity index (χ1) is 9.02. The molecule has 1 atom stereocenters. The zero-order valence-electron chi connectivity index (χ0n) is 10.6. The van der Waals surface area contributed by atoms with E-state index in [1.54, 1.807) is 11.8 Å². The molecule has 3 N–H and O–H groups in total. The van der Waals surface area contributed by atoms with Gasteiger partial charge in [0.1, 0.15) is 6.04 Å². The Labute approximate surface area is 116 Å². The van der Waals surface area contributed by atoms with Crippen LogP contribution in [0.25, 0.3) is 0 Å². The molecule has 0 radical (unpaired) electrons. The number of nitrogens with one attached hydrogen (secondary N) is 1. The zero-order valence-corrected chi connectivity index (χ0v) is 11.4. The predicted molar refractivity (Wildman–Crippen MR) is 73.4 cm³/mol. The van der Waals surface area contributed by atoms with Crippen LogP contribution >= 0.6 is 11.8 Å². The van der Waals surface area contributed by atoms with Crippen molar-refractivity contribution in [1.29, 1.82) is 0 Å². The molecule has 1 rings (SSSR count). The quantitative estimate of drug-likeness (QED) is 0.631. The first kappa shape index (κ1) is 15.5. The third-order valence-corrected chi connectivity index (χ3v) is 3.40. The van der Waals surface area contributed by atoms with Crippen molar-refractivity contribution in [2.45, 2.75) is 30.3 Å². The van der Waals surface area contributed by atoms with Gasteiger partial charge in [-0.3, -0.25) is 9.59 Å². The average molecular weight is 283 g/mol. The van der Waals surface area contributed by atoms with Crippen molar-refractivity contribution >= 4 is 23.7 Å². The van der Waals surface area contributed by atoms with Gasteiger partial charge < -0.3 is 15.5 Å². The van der Waals surface area contributed by atoms with Crippen LogP contribution in [-0.2, 0) is 16.1 Å². The highest BCUT2D eigenvalue weighted by molar-refractivity contribution is 7.98. The number of benzene rings is 1. The number of carboxylic acid groups (broad SMARTS) is 2. The second-order valence-electron chi connectivity index (χ2n) is 4.05. The molecule has 0 aliphatic carbocycles. The number of hydrogen-bond acceptors (Lipinski definition) is 4. The Hall–Kier alpha value is -1.53. The summed E-state index contributed by atoms with van der Waals surface area (Å²) in [5.41, 5.74) is 0.972. The van der Waals surface area contributed by atoms with Crippen molar-refractivity contribution in [3.05, 3.63) is 29.8 Å². The summed E-state index contributed by atoms with van der Waals surface area (Å²) < 4.78 is 0. The van der Waals surface area contributed by atoms with E-state index in [4.69, 9.17) is 10.2 Å². The molecule has 0 amide bonds. The Kier molecular flexibility index (Phi) is 6.38. The van der Waals surface area contributed by atoms with Gasteiger partial charge in [-0.1, -0.05) is 12.1 Å². The number of carboxylic acids is 2. The van der Waals surface area contributed by atoms with Crippen LogP contribution < -0.4 is 5.32 Å². The Balaban J connectivity index is 2.50. The molecule has 1 aromatic carbocycles. The van der Waals surface area contributed by atoms with E-state index in [0.717, 1.165) is 10.5 Å². The molecule has 0 heterocycles. The summed E-state index contributed by atoms with van der Waals surface area (Å²) in [6.45, 7) is 0.408. The topological polar surface area (TPSA) is 86.6 Å². The number of rotatable bonds is 8. The molecule has 1 aromatic rings. The highest BCUT2D eigenvalue weighted by atomic mass is 32.2. The summed E-state index contributed by atoms with van der Waals surface area (Å²) in [7, 11) is 0. The van der Waals surface area contributed by atoms with Crippen LogP contribution in [0, 0.1) is 0 Å². The maximum atomic E-state index is 11.0. The summed E-state index contributed by atoms with van der Waals surface area (Å²) in [5.74, 6) is -2.01. The van der Waals surface area contributed by atoms with Crippen molar-refractivity contribution < 1.29 is 19.8 Å². The van der Waals surface area contributed by atoms with Gasteiger partial charge in [0.25, 0.3) is 0 Å². The largest absolute Gasteiger partial charge is 0.481 e. The molecule has 0 fully saturated rings. The third-order valence-electron chi connectivity index (χ3n) is 2.66. The average Bonchev–Trinajstić information content (AvgIpc) is 2.38. The van der Waals surface area contributed by atoms with Gasteiger partial charge in [-0.25, -0.2) is 0 Å². The minimum absolute atomic E-state index is 0.0769. The summed E-state index contributed by atoms with van der Waals surface area (Å²) in [4.78, 5) is 22.6. The molecule has 104 valence electrons. The zero-order chi connectivity index (χ0) is 14.3. The van der Waals surface area contributed by atoms with Gasteiger partial charge >= 0.3 is 11.9 Å². The van der Waals surface area contributed by atoms with E-state index in [9.17, 15) is 9.59 Å². The molecule has 0 aromatic heterocycles. The SMILES string of the molecule is CSc1ccc(CNC(CCC(=O)O)C(=O)O)cc1. The van der Waals surface area contributed by atoms with Gasteiger partial charge in [-0.15, -0.1) is 11.8 Å². The van der Waals surface area contributed by atoms with E-state index in [2.05, 4.69) is 5.32 Å². The van der Waals surface area contributed by atoms with Gasteiger partial charge in [0.05, 0.1) is 0 Å². The molecule has 19 heavy (non-hydrogen) atoms. The molecule has 0 bridgehead atoms. The minimum atomic E-state index is -1.03. The number of aliphatic carboxylic acids is 2. The fraction of sp³-hybridized carbons (Fsp3) is 0.385. The van der Waals surface area contributed by atoms with E-state index < -0.39 is 18.0 Å². The summed E-state index contributed by atoms with van der Waals surface area (Å²) in [5, 5.41) is 20.4. The Bertz CT molecular complexity index is 433. The highest BCUT2D eigenvalue weighted by Gasteiger charge is 2.17. The van der Waals surface area contributed by atoms with E-state index in [0.29, 0.717) is 6.54 Å². The van der Waals surface area contributed by atoms with Crippen LogP contribution in [-0.4, -0.2) is 34.4 Å². The maximum Gasteiger partial charge on any atom is 0.320 e. The van der Waals surface area contributed by atoms with Crippen molar-refractivity contribution in [2.24, 2.45) is 0 Å². The van der Waals surface area contributed by atoms with Crippen LogP contribution in [0.2, 0.25) is 0 Å². The van der Waals surface area contributed by atoms with Gasteiger partial charge in [0.15, 0.2) is 0 Å². The Morgan fingerprint density at radius 2 is 1.89 bits per heavy atom. The monoisotopic (exact) mass is 283 g/mol. The van der Waals surface area contributed by atoms with Gasteiger partial charge in [-0.05, 0) is 30.4 Å². The van der Waals surface area contributed by atoms with Gasteiger partial charge in [0.2, 0.25) is 0 Å². The lowest BCUT2D eigenvalue weighted by Gasteiger charge is -2.13. The van der Waals surface area contributed by atoms with E-state index in [1.165, 1.54) is 0 Å². The predicted octanol–water partition coefficient (Wildman–Crippen LogP) is 1.82. The molecule has 6 heteroatoms. The molecular weight excluding hydrogens is 266 g/mol. The first-order valence-corrected chi connectivity index (χ1v) is 7.06. The van der Waals surface area contributed by atoms with Crippen LogP contribution in [0.1, 0.15) is 18.4 Å². The highest BCUT2D eigenvalue weighted by Crippen LogP contribution is 2.14. The van der Waals surface area contributed by atoms with Gasteiger partial charge in [-0.2, -0.15) is 0 Å². The molecule has 0 saturated heterocycles. The third kappa shape index (κ3) is 5.76. The maximum absolute atomic E-state index is 11.0. The molecule has 1 unspecified atom stereocenters. The lowest BCUT2D eigenvalue weighted by atomic mass is 10.1. The fourth-order valence-corrected chi connectivity index (χ4v) is 1.97. The van der Waals surface area contributed by atoms with E-state index in [-0.39, 0.29) is 12.8 Å². The van der Waals surface area contributed by atoms with E-state index >= 15 is 0 Å². The molecule has 0 saturated carbocycles. The van der Waals surface area contributed by atoms with Crippen molar-refractivity contribution in [3.63, 3.8) is 0 Å². The van der Waals surface area contributed by atoms with Crippen molar-refractivity contribution in [1.82, 2.24) is 5.32 Å². The Morgan fingerprint density at radius 1 is 1.26 bits per heavy atom. The van der Waals surface area contributed by atoms with Crippen LogP contribution in [0.15, 0.2) is 29.2 Å². The van der Waals surface area contributed by atoms with Crippen molar-refractivity contribution in [2.75, 3.05) is 6.26 Å². The van der Waals surface area contributed by atoms with Crippen LogP contribution in [0.5, 0.6) is 0 Å². The molecule has 0 aliphatic rings. The first-order valence-electron chi connectivity index (χ1n) is 5.84. The van der Waals surface area contributed by atoms with E-state index in [1.807, 2.05) is 30.5 Å². The van der Waals surface area contributed by atoms with Crippen molar-refractivity contribution in [3.8, 4) is 0 Å². The summed E-state index contributed by atoms with van der Waals surface area (Å²) in [6.07, 6.45) is 1.91. The molecular formula is C13H17NO4S. The standard InChI is InChI=1S/C13H17NO4S/c1-19-10-4-2-9(3-5-10)8-14-11(13(17)18)6-7-12(15)16/h2-5,11,14H,6-8H2,1H3,(H,15,16)(H,17,18). The summed E-state index contributed by atoms with van der Waals surface area (Å²) >= 11 is 1.64. The molecule has 0 aliphatic heterocycles. The second kappa shape index (κ2) is 7.81. The van der Waals surface area contributed by atoms with Gasteiger partial charge in [0, 0.05) is 17.9 Å². The smallest absolute Gasteiger partial charge is 0.320 e. The molecule has 0 spiro atoms. The molecule has 5 nitrogen and oxygen atoms in total. The Morgan fingerprint density at radius 3 is 2.37 bits per heavy atom. The number of carbonyl (C=O) groups is 2. The normalized spacial score (nSPS) is 12.1. The lowest BCUT2D eigenvalue weighted by Crippen LogP contribution is -2.36. The van der Waals surface area contributed by atoms with Crippen LogP contribution in [0.3, 0.4) is 0 Å². The summed E-state index contributed by atoms with van der Waals surface area (Å²) in [6, 6.07) is 6.95.